The van der Waals surface area contributed by atoms with Crippen molar-refractivity contribution in [2.24, 2.45) is 0 Å². The van der Waals surface area contributed by atoms with Crippen LogP contribution in [-0.4, -0.2) is 59.5 Å². The Balaban J connectivity index is 4.58. The molecule has 0 aliphatic rings. The van der Waals surface area contributed by atoms with E-state index < -0.39 is 0 Å². The van der Waals surface area contributed by atoms with Crippen LogP contribution in [0, 0.1) is 0 Å². The van der Waals surface area contributed by atoms with Gasteiger partial charge in [0.15, 0.2) is 0 Å². The summed E-state index contributed by atoms with van der Waals surface area (Å²) in [6.07, 6.45) is 1.71. The smallest absolute Gasteiger partial charge is 0.242 e. The summed E-state index contributed by atoms with van der Waals surface area (Å²) in [6.45, 7) is 5.82. The molecule has 0 heterocycles. The molecule has 0 aromatic rings. The van der Waals surface area contributed by atoms with Gasteiger partial charge in [0.05, 0.1) is 13.2 Å². The highest BCUT2D eigenvalue weighted by Crippen LogP contribution is 2.09. The van der Waals surface area contributed by atoms with Gasteiger partial charge in [0.1, 0.15) is 0 Å². The van der Waals surface area contributed by atoms with Crippen LogP contribution in [0.1, 0.15) is 33.6 Å². The Morgan fingerprint density at radius 2 is 1.76 bits per heavy atom. The summed E-state index contributed by atoms with van der Waals surface area (Å²) in [5.41, 5.74) is 0. The Morgan fingerprint density at radius 1 is 1.24 bits per heavy atom. The fourth-order valence-corrected chi connectivity index (χ4v) is 1.75. The third-order valence-corrected chi connectivity index (χ3v) is 2.95. The van der Waals surface area contributed by atoms with Crippen LogP contribution in [-0.2, 0) is 9.59 Å². The van der Waals surface area contributed by atoms with Gasteiger partial charge in [-0.15, -0.1) is 0 Å². The molecule has 0 radical (unpaired) electrons. The van der Waals surface area contributed by atoms with E-state index >= 15 is 0 Å². The third kappa shape index (κ3) is 5.17. The minimum absolute atomic E-state index is 0.0496. The van der Waals surface area contributed by atoms with E-state index in [2.05, 4.69) is 0 Å². The zero-order chi connectivity index (χ0) is 13.4. The average Bonchev–Trinajstić information content (AvgIpc) is 2.29. The first-order valence-electron chi connectivity index (χ1n) is 6.09. The van der Waals surface area contributed by atoms with E-state index in [1.807, 2.05) is 13.8 Å². The number of likely N-dealkylation sites (N-methyl/N-ethyl adjacent to an activating group) is 1. The largest absolute Gasteiger partial charge is 0.395 e. The van der Waals surface area contributed by atoms with E-state index in [0.717, 1.165) is 12.8 Å². The zero-order valence-electron chi connectivity index (χ0n) is 11.3. The molecular weight excluding hydrogens is 220 g/mol. The number of aliphatic hydroxyl groups is 1. The highest BCUT2D eigenvalue weighted by molar-refractivity contribution is 5.83. The summed E-state index contributed by atoms with van der Waals surface area (Å²) in [4.78, 5) is 26.2. The molecule has 0 atom stereocenters. The van der Waals surface area contributed by atoms with Crippen LogP contribution in [0.3, 0.4) is 0 Å². The molecule has 1 N–H and O–H groups in total. The van der Waals surface area contributed by atoms with Crippen molar-refractivity contribution < 1.29 is 14.7 Å². The molecule has 0 aliphatic heterocycles. The van der Waals surface area contributed by atoms with E-state index in [9.17, 15) is 9.59 Å². The van der Waals surface area contributed by atoms with Gasteiger partial charge in [-0.1, -0.05) is 13.8 Å². The van der Waals surface area contributed by atoms with Gasteiger partial charge in [0, 0.05) is 26.6 Å². The maximum absolute atomic E-state index is 12.0. The maximum atomic E-state index is 12.0. The topological polar surface area (TPSA) is 60.9 Å². The molecule has 2 amide bonds. The minimum atomic E-state index is -0.133. The second-order valence-corrected chi connectivity index (χ2v) is 4.16. The molecule has 0 aromatic heterocycles. The van der Waals surface area contributed by atoms with E-state index in [1.54, 1.807) is 11.9 Å². The molecule has 100 valence electrons. The molecule has 0 bridgehead atoms. The second-order valence-electron chi connectivity index (χ2n) is 4.16. The molecule has 5 nitrogen and oxygen atoms in total. The number of amides is 2. The van der Waals surface area contributed by atoms with Gasteiger partial charge in [-0.2, -0.15) is 0 Å². The minimum Gasteiger partial charge on any atom is -0.395 e. The number of nitrogens with zero attached hydrogens (tertiary/aromatic N) is 2. The van der Waals surface area contributed by atoms with Crippen LogP contribution in [0.4, 0.5) is 0 Å². The van der Waals surface area contributed by atoms with Crippen molar-refractivity contribution in [2.75, 3.05) is 26.7 Å². The van der Waals surface area contributed by atoms with Gasteiger partial charge in [-0.25, -0.2) is 0 Å². The summed E-state index contributed by atoms with van der Waals surface area (Å²) >= 11 is 0. The Hall–Kier alpha value is -1.10. The molecule has 0 spiro atoms. The molecule has 0 saturated heterocycles. The van der Waals surface area contributed by atoms with Crippen molar-refractivity contribution in [3.05, 3.63) is 0 Å². The fourth-order valence-electron chi connectivity index (χ4n) is 1.75. The molecular formula is C12H24N2O3. The van der Waals surface area contributed by atoms with Crippen LogP contribution in [0.2, 0.25) is 0 Å². The normalized spacial score (nSPS) is 10.5. The summed E-state index contributed by atoms with van der Waals surface area (Å²) in [5, 5.41) is 8.99. The molecule has 0 aromatic carbocycles. The van der Waals surface area contributed by atoms with E-state index in [0.29, 0.717) is 6.54 Å². The predicted octanol–water partition coefficient (Wildman–Crippen LogP) is 0.474. The van der Waals surface area contributed by atoms with Gasteiger partial charge in [-0.3, -0.25) is 9.59 Å². The SMILES string of the molecule is CCC(CC)N(CCO)C(=O)CN(C)C(C)=O. The van der Waals surface area contributed by atoms with Gasteiger partial charge >= 0.3 is 0 Å². The van der Waals surface area contributed by atoms with Crippen molar-refractivity contribution >= 4 is 11.8 Å². The van der Waals surface area contributed by atoms with Gasteiger partial charge in [-0.05, 0) is 12.8 Å². The van der Waals surface area contributed by atoms with Gasteiger partial charge < -0.3 is 14.9 Å². The van der Waals surface area contributed by atoms with Crippen molar-refractivity contribution in [3.8, 4) is 0 Å². The third-order valence-electron chi connectivity index (χ3n) is 2.95. The number of hydrogen-bond acceptors (Lipinski definition) is 3. The summed E-state index contributed by atoms with van der Waals surface area (Å²) < 4.78 is 0. The van der Waals surface area contributed by atoms with Crippen molar-refractivity contribution in [1.82, 2.24) is 9.80 Å². The highest BCUT2D eigenvalue weighted by Gasteiger charge is 2.22. The van der Waals surface area contributed by atoms with Crippen LogP contribution < -0.4 is 0 Å². The lowest BCUT2D eigenvalue weighted by molar-refractivity contribution is -0.140. The molecule has 0 rings (SSSR count). The average molecular weight is 244 g/mol. The van der Waals surface area contributed by atoms with Crippen LogP contribution >= 0.6 is 0 Å². The number of carbonyl (C=O) groups excluding carboxylic acids is 2. The van der Waals surface area contributed by atoms with Crippen molar-refractivity contribution in [1.29, 1.82) is 0 Å². The summed E-state index contributed by atoms with van der Waals surface area (Å²) in [7, 11) is 1.60. The molecule has 5 heteroatoms. The Kier molecular flexibility index (Phi) is 7.54. The molecule has 0 aliphatic carbocycles. The second kappa shape index (κ2) is 8.06. The lowest BCUT2D eigenvalue weighted by atomic mass is 10.1. The predicted molar refractivity (Wildman–Crippen MR) is 66.5 cm³/mol. The van der Waals surface area contributed by atoms with Crippen molar-refractivity contribution in [2.45, 2.75) is 39.7 Å². The number of hydrogen-bond donors (Lipinski definition) is 1. The van der Waals surface area contributed by atoms with E-state index in [4.69, 9.17) is 5.11 Å². The monoisotopic (exact) mass is 244 g/mol. The molecule has 0 unspecified atom stereocenters. The number of rotatable bonds is 7. The summed E-state index contributed by atoms with van der Waals surface area (Å²) in [5.74, 6) is -0.239. The standard InChI is InChI=1S/C12H24N2O3/c1-5-11(6-2)14(7-8-15)12(17)9-13(4)10(3)16/h11,15H,5-9H2,1-4H3. The van der Waals surface area contributed by atoms with Crippen LogP contribution in [0.25, 0.3) is 0 Å². The Morgan fingerprint density at radius 3 is 2.12 bits per heavy atom. The molecule has 0 fully saturated rings. The van der Waals surface area contributed by atoms with Crippen LogP contribution in [0.5, 0.6) is 0 Å². The highest BCUT2D eigenvalue weighted by atomic mass is 16.3. The van der Waals surface area contributed by atoms with Crippen LogP contribution in [0.15, 0.2) is 0 Å². The van der Waals surface area contributed by atoms with E-state index in [1.165, 1.54) is 11.8 Å². The molecule has 0 saturated carbocycles. The molecule has 17 heavy (non-hydrogen) atoms. The Labute approximate surface area is 103 Å². The maximum Gasteiger partial charge on any atom is 0.242 e. The lowest BCUT2D eigenvalue weighted by Crippen LogP contribution is -2.46. The quantitative estimate of drug-likeness (QED) is 0.708. The van der Waals surface area contributed by atoms with Gasteiger partial charge in [0.2, 0.25) is 11.8 Å². The zero-order valence-corrected chi connectivity index (χ0v) is 11.3. The first kappa shape index (κ1) is 15.9. The van der Waals surface area contributed by atoms with E-state index in [-0.39, 0.29) is 31.0 Å². The summed E-state index contributed by atoms with van der Waals surface area (Å²) in [6, 6.07) is 0.134. The first-order valence-corrected chi connectivity index (χ1v) is 6.09. The fraction of sp³-hybridized carbons (Fsp3) is 0.833. The first-order chi connectivity index (χ1) is 7.97. The lowest BCUT2D eigenvalue weighted by Gasteiger charge is -2.31. The van der Waals surface area contributed by atoms with Gasteiger partial charge in [0.25, 0.3) is 0 Å². The Bertz CT molecular complexity index is 252. The number of carbonyl (C=O) groups is 2. The van der Waals surface area contributed by atoms with Crippen molar-refractivity contribution in [3.63, 3.8) is 0 Å². The number of aliphatic hydroxyl groups excluding tert-OH is 1.